The number of nitro groups is 1. The van der Waals surface area contributed by atoms with E-state index in [1.54, 1.807) is 0 Å². The van der Waals surface area contributed by atoms with Crippen molar-refractivity contribution < 1.29 is 4.92 Å². The van der Waals surface area contributed by atoms with E-state index in [1.807, 2.05) is 11.8 Å². The zero-order chi connectivity index (χ0) is 12.0. The van der Waals surface area contributed by atoms with Gasteiger partial charge in [-0.05, 0) is 13.3 Å². The second-order valence-corrected chi connectivity index (χ2v) is 3.43. The molecule has 0 aliphatic carbocycles. The molecular weight excluding hydrogens is 208 g/mol. The van der Waals surface area contributed by atoms with Gasteiger partial charge in [0.25, 0.3) is 0 Å². The van der Waals surface area contributed by atoms with Gasteiger partial charge in [0, 0.05) is 13.1 Å². The van der Waals surface area contributed by atoms with Crippen LogP contribution in [-0.2, 0) is 0 Å². The van der Waals surface area contributed by atoms with Gasteiger partial charge in [0.05, 0.1) is 4.92 Å². The van der Waals surface area contributed by atoms with Gasteiger partial charge in [0.15, 0.2) is 0 Å². The zero-order valence-electron chi connectivity index (χ0n) is 9.59. The van der Waals surface area contributed by atoms with E-state index in [-0.39, 0.29) is 5.69 Å². The van der Waals surface area contributed by atoms with Crippen molar-refractivity contribution in [2.75, 3.05) is 18.0 Å². The summed E-state index contributed by atoms with van der Waals surface area (Å²) in [6, 6.07) is 0. The lowest BCUT2D eigenvalue weighted by Crippen LogP contribution is -2.25. The molecule has 0 spiro atoms. The van der Waals surface area contributed by atoms with Gasteiger partial charge in [-0.2, -0.15) is 0 Å². The van der Waals surface area contributed by atoms with Gasteiger partial charge in [0.1, 0.15) is 12.4 Å². The van der Waals surface area contributed by atoms with E-state index in [2.05, 4.69) is 16.9 Å². The molecule has 1 aromatic heterocycles. The first-order valence-corrected chi connectivity index (χ1v) is 5.40. The van der Waals surface area contributed by atoms with Gasteiger partial charge in [-0.15, -0.1) is 0 Å². The number of unbranched alkanes of at least 4 members (excludes halogenated alkanes) is 1. The first kappa shape index (κ1) is 12.4. The highest BCUT2D eigenvalue weighted by atomic mass is 16.6. The number of hydrogen-bond acceptors (Lipinski definition) is 5. The first-order chi connectivity index (χ1) is 7.69. The van der Waals surface area contributed by atoms with Crippen molar-refractivity contribution >= 4 is 11.6 Å². The number of rotatable bonds is 6. The summed E-state index contributed by atoms with van der Waals surface area (Å²) in [6.07, 6.45) is 4.66. The highest BCUT2D eigenvalue weighted by Gasteiger charge is 2.10. The summed E-state index contributed by atoms with van der Waals surface area (Å²) in [6.45, 7) is 5.81. The molecule has 0 atom stereocenters. The molecule has 1 aromatic rings. The molecule has 88 valence electrons. The lowest BCUT2D eigenvalue weighted by atomic mass is 10.3. The Bertz CT molecular complexity index is 339. The Morgan fingerprint density at radius 3 is 2.44 bits per heavy atom. The predicted octanol–water partition coefficient (Wildman–Crippen LogP) is 2.01. The Balaban J connectivity index is 2.74. The number of aromatic nitrogens is 2. The Kier molecular flexibility index (Phi) is 4.63. The standard InChI is InChI=1S/C10H16N4O2/c1-3-5-6-13(4-2)10-11-7-9(8-12-10)14(15)16/h7-8H,3-6H2,1-2H3. The maximum atomic E-state index is 10.4. The van der Waals surface area contributed by atoms with Crippen LogP contribution in [0.1, 0.15) is 26.7 Å². The fourth-order valence-corrected chi connectivity index (χ4v) is 1.32. The van der Waals surface area contributed by atoms with Crippen LogP contribution in [-0.4, -0.2) is 28.0 Å². The predicted molar refractivity (Wildman–Crippen MR) is 61.5 cm³/mol. The summed E-state index contributed by atoms with van der Waals surface area (Å²) in [5, 5.41) is 10.4. The van der Waals surface area contributed by atoms with Crippen molar-refractivity contribution in [3.63, 3.8) is 0 Å². The SMILES string of the molecule is CCCCN(CC)c1ncc([N+](=O)[O-])cn1. The molecule has 0 aliphatic heterocycles. The highest BCUT2D eigenvalue weighted by Crippen LogP contribution is 2.12. The van der Waals surface area contributed by atoms with E-state index < -0.39 is 4.92 Å². The molecular formula is C10H16N4O2. The molecule has 0 fully saturated rings. The van der Waals surface area contributed by atoms with Crippen LogP contribution in [0.5, 0.6) is 0 Å². The highest BCUT2D eigenvalue weighted by molar-refractivity contribution is 5.33. The third kappa shape index (κ3) is 3.15. The van der Waals surface area contributed by atoms with Crippen LogP contribution in [0.3, 0.4) is 0 Å². The van der Waals surface area contributed by atoms with Crippen LogP contribution < -0.4 is 4.90 Å². The second-order valence-electron chi connectivity index (χ2n) is 3.43. The van der Waals surface area contributed by atoms with Crippen molar-refractivity contribution in [2.45, 2.75) is 26.7 Å². The van der Waals surface area contributed by atoms with Gasteiger partial charge < -0.3 is 4.90 Å². The molecule has 0 saturated carbocycles. The summed E-state index contributed by atoms with van der Waals surface area (Å²) >= 11 is 0. The summed E-state index contributed by atoms with van der Waals surface area (Å²) in [5.41, 5.74) is -0.0738. The van der Waals surface area contributed by atoms with Crippen LogP contribution in [0.2, 0.25) is 0 Å². The molecule has 1 heterocycles. The Morgan fingerprint density at radius 2 is 2.00 bits per heavy atom. The van der Waals surface area contributed by atoms with Crippen LogP contribution in [0.15, 0.2) is 12.4 Å². The third-order valence-corrected chi connectivity index (χ3v) is 2.28. The quantitative estimate of drug-likeness (QED) is 0.546. The Hall–Kier alpha value is -1.72. The number of nitrogens with zero attached hydrogens (tertiary/aromatic N) is 4. The Labute approximate surface area is 94.5 Å². The average Bonchev–Trinajstić information content (AvgIpc) is 2.30. The van der Waals surface area contributed by atoms with E-state index >= 15 is 0 Å². The minimum absolute atomic E-state index is 0.0738. The van der Waals surface area contributed by atoms with E-state index in [9.17, 15) is 10.1 Å². The molecule has 0 amide bonds. The molecule has 0 saturated heterocycles. The molecule has 0 radical (unpaired) electrons. The van der Waals surface area contributed by atoms with Gasteiger partial charge in [-0.3, -0.25) is 10.1 Å². The van der Waals surface area contributed by atoms with Gasteiger partial charge in [-0.1, -0.05) is 13.3 Å². The van der Waals surface area contributed by atoms with E-state index in [1.165, 1.54) is 12.4 Å². The van der Waals surface area contributed by atoms with Gasteiger partial charge >= 0.3 is 5.69 Å². The molecule has 6 heteroatoms. The van der Waals surface area contributed by atoms with Crippen LogP contribution in [0.4, 0.5) is 11.6 Å². The molecule has 0 bridgehead atoms. The summed E-state index contributed by atoms with van der Waals surface area (Å²) in [4.78, 5) is 19.9. The summed E-state index contributed by atoms with van der Waals surface area (Å²) < 4.78 is 0. The molecule has 0 aliphatic rings. The summed E-state index contributed by atoms with van der Waals surface area (Å²) in [7, 11) is 0. The largest absolute Gasteiger partial charge is 0.341 e. The Morgan fingerprint density at radius 1 is 1.38 bits per heavy atom. The van der Waals surface area contributed by atoms with Crippen molar-refractivity contribution in [2.24, 2.45) is 0 Å². The fraction of sp³-hybridized carbons (Fsp3) is 0.600. The maximum absolute atomic E-state index is 10.4. The van der Waals surface area contributed by atoms with Crippen molar-refractivity contribution in [1.82, 2.24) is 9.97 Å². The monoisotopic (exact) mass is 224 g/mol. The minimum atomic E-state index is -0.494. The molecule has 0 unspecified atom stereocenters. The maximum Gasteiger partial charge on any atom is 0.305 e. The van der Waals surface area contributed by atoms with Gasteiger partial charge in [-0.25, -0.2) is 9.97 Å². The lowest BCUT2D eigenvalue weighted by Gasteiger charge is -2.19. The van der Waals surface area contributed by atoms with E-state index in [0.717, 1.165) is 25.9 Å². The van der Waals surface area contributed by atoms with Gasteiger partial charge in [0.2, 0.25) is 5.95 Å². The topological polar surface area (TPSA) is 72.2 Å². The molecule has 0 aromatic carbocycles. The summed E-state index contributed by atoms with van der Waals surface area (Å²) in [5.74, 6) is 0.557. The van der Waals surface area contributed by atoms with Crippen LogP contribution in [0.25, 0.3) is 0 Å². The zero-order valence-corrected chi connectivity index (χ0v) is 9.59. The second kappa shape index (κ2) is 5.99. The number of hydrogen-bond donors (Lipinski definition) is 0. The van der Waals surface area contributed by atoms with Crippen LogP contribution in [0, 0.1) is 10.1 Å². The van der Waals surface area contributed by atoms with Crippen molar-refractivity contribution in [3.05, 3.63) is 22.5 Å². The lowest BCUT2D eigenvalue weighted by molar-refractivity contribution is -0.385. The molecule has 6 nitrogen and oxygen atoms in total. The fourth-order valence-electron chi connectivity index (χ4n) is 1.32. The molecule has 16 heavy (non-hydrogen) atoms. The smallest absolute Gasteiger partial charge is 0.305 e. The average molecular weight is 224 g/mol. The third-order valence-electron chi connectivity index (χ3n) is 2.28. The normalized spacial score (nSPS) is 10.1. The first-order valence-electron chi connectivity index (χ1n) is 5.40. The van der Waals surface area contributed by atoms with Crippen molar-refractivity contribution in [1.29, 1.82) is 0 Å². The minimum Gasteiger partial charge on any atom is -0.341 e. The number of anilines is 1. The molecule has 0 N–H and O–H groups in total. The van der Waals surface area contributed by atoms with E-state index in [4.69, 9.17) is 0 Å². The van der Waals surface area contributed by atoms with Crippen LogP contribution >= 0.6 is 0 Å². The molecule has 1 rings (SSSR count). The van der Waals surface area contributed by atoms with Crippen molar-refractivity contribution in [3.8, 4) is 0 Å². The van der Waals surface area contributed by atoms with E-state index in [0.29, 0.717) is 5.95 Å².